The Bertz CT molecular complexity index is 1030. The number of carbonyl (C=O) groups excluding carboxylic acids is 4. The zero-order valence-electron chi connectivity index (χ0n) is 20.4. The van der Waals surface area contributed by atoms with Gasteiger partial charge in [-0.15, -0.1) is 0 Å². The molecule has 5 rings (SSSR count). The summed E-state index contributed by atoms with van der Waals surface area (Å²) in [7, 11) is 0. The number of fused-ring (bicyclic) bond motifs is 1. The third-order valence-corrected chi connectivity index (χ3v) is 7.84. The number of carbonyl (C=O) groups is 4. The Morgan fingerprint density at radius 1 is 1.03 bits per heavy atom. The monoisotopic (exact) mass is 482 g/mol. The van der Waals surface area contributed by atoms with E-state index in [0.29, 0.717) is 17.8 Å². The van der Waals surface area contributed by atoms with Crippen LogP contribution in [0.3, 0.4) is 0 Å². The molecule has 0 unspecified atom stereocenters. The SMILES string of the molecule is CC(C)N(CC1CCNCC1)C1CC(Oc2ccc3c(c2)C(=O)N([C@@H]2CCC(=O)NC2=O)C3=O)C1. The van der Waals surface area contributed by atoms with Gasteiger partial charge in [-0.05, 0) is 70.3 Å². The number of ether oxygens (including phenoxy) is 1. The summed E-state index contributed by atoms with van der Waals surface area (Å²) in [5.41, 5.74) is 0.522. The fourth-order valence-electron chi connectivity index (χ4n) is 5.76. The maximum Gasteiger partial charge on any atom is 0.262 e. The standard InChI is InChI=1S/C26H34N4O5/c1-15(2)29(14-16-7-9-27-10-8-16)17-11-19(12-17)35-18-3-4-20-21(13-18)26(34)30(25(20)33)22-5-6-23(31)28-24(22)32/h3-4,13,15-17,19,22,27H,5-12,14H2,1-2H3,(H,28,31,32)/t17?,19?,22-/m1/s1. The Kier molecular flexibility index (Phi) is 6.63. The van der Waals surface area contributed by atoms with E-state index in [1.54, 1.807) is 18.2 Å². The molecule has 9 nitrogen and oxygen atoms in total. The lowest BCUT2D eigenvalue weighted by Crippen LogP contribution is -2.54. The second-order valence-electron chi connectivity index (χ2n) is 10.5. The van der Waals surface area contributed by atoms with Crippen LogP contribution in [-0.4, -0.2) is 77.3 Å². The normalized spacial score (nSPS) is 27.3. The largest absolute Gasteiger partial charge is 0.490 e. The third kappa shape index (κ3) is 4.71. The number of amides is 4. The molecule has 0 radical (unpaired) electrons. The van der Waals surface area contributed by atoms with E-state index in [1.807, 2.05) is 0 Å². The van der Waals surface area contributed by atoms with Crippen molar-refractivity contribution in [3.63, 3.8) is 0 Å². The molecule has 0 bridgehead atoms. The molecule has 35 heavy (non-hydrogen) atoms. The first kappa shape index (κ1) is 23.9. The van der Waals surface area contributed by atoms with Crippen molar-refractivity contribution in [2.24, 2.45) is 5.92 Å². The van der Waals surface area contributed by atoms with E-state index in [2.05, 4.69) is 29.4 Å². The first-order valence-corrected chi connectivity index (χ1v) is 12.8. The predicted octanol–water partition coefficient (Wildman–Crippen LogP) is 1.71. The molecule has 188 valence electrons. The van der Waals surface area contributed by atoms with E-state index in [9.17, 15) is 19.2 Å². The Morgan fingerprint density at radius 3 is 2.43 bits per heavy atom. The molecule has 2 saturated heterocycles. The summed E-state index contributed by atoms with van der Waals surface area (Å²) >= 11 is 0. The lowest BCUT2D eigenvalue weighted by molar-refractivity contribution is -0.136. The molecule has 1 atom stereocenters. The quantitative estimate of drug-likeness (QED) is 0.570. The minimum atomic E-state index is -0.959. The Hall–Kier alpha value is -2.78. The summed E-state index contributed by atoms with van der Waals surface area (Å²) in [6, 6.07) is 4.96. The fraction of sp³-hybridized carbons (Fsp3) is 0.615. The van der Waals surface area contributed by atoms with Crippen LogP contribution in [0, 0.1) is 5.92 Å². The molecular formula is C26H34N4O5. The second kappa shape index (κ2) is 9.70. The van der Waals surface area contributed by atoms with E-state index in [4.69, 9.17) is 4.74 Å². The molecule has 4 aliphatic rings. The van der Waals surface area contributed by atoms with Crippen LogP contribution in [0.4, 0.5) is 0 Å². The number of nitrogens with zero attached hydrogens (tertiary/aromatic N) is 2. The number of rotatable bonds is 7. The van der Waals surface area contributed by atoms with E-state index in [1.165, 1.54) is 12.8 Å². The van der Waals surface area contributed by atoms with Gasteiger partial charge in [0.2, 0.25) is 11.8 Å². The van der Waals surface area contributed by atoms with Crippen LogP contribution < -0.4 is 15.4 Å². The Labute approximate surface area is 205 Å². The first-order valence-electron chi connectivity index (χ1n) is 12.8. The van der Waals surface area contributed by atoms with Crippen LogP contribution in [0.15, 0.2) is 18.2 Å². The molecular weight excluding hydrogens is 448 g/mol. The summed E-state index contributed by atoms with van der Waals surface area (Å²) in [5.74, 6) is -0.695. The van der Waals surface area contributed by atoms with Gasteiger partial charge < -0.3 is 10.1 Å². The zero-order chi connectivity index (χ0) is 24.7. The topological polar surface area (TPSA) is 108 Å². The highest BCUT2D eigenvalue weighted by atomic mass is 16.5. The fourth-order valence-corrected chi connectivity index (χ4v) is 5.76. The smallest absolute Gasteiger partial charge is 0.262 e. The van der Waals surface area contributed by atoms with Crippen LogP contribution in [0.5, 0.6) is 5.75 Å². The Balaban J connectivity index is 1.20. The molecule has 1 aromatic carbocycles. The molecule has 1 saturated carbocycles. The lowest BCUT2D eigenvalue weighted by Gasteiger charge is -2.46. The summed E-state index contributed by atoms with van der Waals surface area (Å²) in [4.78, 5) is 53.2. The molecule has 3 fully saturated rings. The van der Waals surface area contributed by atoms with Crippen molar-refractivity contribution in [2.75, 3.05) is 19.6 Å². The van der Waals surface area contributed by atoms with E-state index in [0.717, 1.165) is 43.3 Å². The van der Waals surface area contributed by atoms with Crippen molar-refractivity contribution in [2.45, 2.75) is 76.6 Å². The maximum atomic E-state index is 13.0. The van der Waals surface area contributed by atoms with E-state index < -0.39 is 23.8 Å². The van der Waals surface area contributed by atoms with Gasteiger partial charge in [0.15, 0.2) is 0 Å². The number of nitrogens with one attached hydrogen (secondary N) is 2. The maximum absolute atomic E-state index is 13.0. The first-order chi connectivity index (χ1) is 16.8. The lowest BCUT2D eigenvalue weighted by atomic mass is 9.85. The molecule has 1 aliphatic carbocycles. The van der Waals surface area contributed by atoms with Gasteiger partial charge in [-0.1, -0.05) is 0 Å². The predicted molar refractivity (Wildman–Crippen MR) is 128 cm³/mol. The highest BCUT2D eigenvalue weighted by Crippen LogP contribution is 2.35. The molecule has 4 amide bonds. The van der Waals surface area contributed by atoms with Crippen LogP contribution in [0.2, 0.25) is 0 Å². The summed E-state index contributed by atoms with van der Waals surface area (Å²) in [6.07, 6.45) is 4.66. The van der Waals surface area contributed by atoms with Crippen molar-refractivity contribution in [3.8, 4) is 5.75 Å². The van der Waals surface area contributed by atoms with Crippen LogP contribution in [-0.2, 0) is 9.59 Å². The minimum absolute atomic E-state index is 0.0748. The molecule has 3 aliphatic heterocycles. The van der Waals surface area contributed by atoms with Gasteiger partial charge in [-0.25, -0.2) is 0 Å². The highest BCUT2D eigenvalue weighted by Gasteiger charge is 2.45. The summed E-state index contributed by atoms with van der Waals surface area (Å²) in [5, 5.41) is 5.66. The number of piperidine rings is 2. The molecule has 0 aromatic heterocycles. The number of hydrogen-bond acceptors (Lipinski definition) is 7. The highest BCUT2D eigenvalue weighted by molar-refractivity contribution is 6.23. The number of benzene rings is 1. The molecule has 1 aromatic rings. The van der Waals surface area contributed by atoms with Gasteiger partial charge in [0.25, 0.3) is 11.8 Å². The van der Waals surface area contributed by atoms with Crippen LogP contribution >= 0.6 is 0 Å². The van der Waals surface area contributed by atoms with Crippen molar-refractivity contribution in [3.05, 3.63) is 29.3 Å². The van der Waals surface area contributed by atoms with Crippen molar-refractivity contribution in [1.29, 1.82) is 0 Å². The van der Waals surface area contributed by atoms with Gasteiger partial charge in [0.05, 0.1) is 11.1 Å². The number of hydrogen-bond donors (Lipinski definition) is 2. The van der Waals surface area contributed by atoms with Gasteiger partial charge in [-0.3, -0.25) is 34.3 Å². The van der Waals surface area contributed by atoms with Gasteiger partial charge >= 0.3 is 0 Å². The van der Waals surface area contributed by atoms with E-state index >= 15 is 0 Å². The summed E-state index contributed by atoms with van der Waals surface area (Å²) in [6.45, 7) is 7.85. The van der Waals surface area contributed by atoms with Gasteiger partial charge in [-0.2, -0.15) is 0 Å². The van der Waals surface area contributed by atoms with E-state index in [-0.39, 0.29) is 36.0 Å². The van der Waals surface area contributed by atoms with Crippen molar-refractivity contribution >= 4 is 23.6 Å². The van der Waals surface area contributed by atoms with Gasteiger partial charge in [0, 0.05) is 37.9 Å². The average molecular weight is 483 g/mol. The second-order valence-corrected chi connectivity index (χ2v) is 10.5. The summed E-state index contributed by atoms with van der Waals surface area (Å²) < 4.78 is 6.18. The van der Waals surface area contributed by atoms with Crippen LogP contribution in [0.1, 0.15) is 73.1 Å². The third-order valence-electron chi connectivity index (χ3n) is 7.84. The van der Waals surface area contributed by atoms with Crippen molar-refractivity contribution < 1.29 is 23.9 Å². The zero-order valence-corrected chi connectivity index (χ0v) is 20.4. The molecule has 0 spiro atoms. The number of imide groups is 2. The van der Waals surface area contributed by atoms with Crippen molar-refractivity contribution in [1.82, 2.24) is 20.4 Å². The average Bonchev–Trinajstić information content (AvgIpc) is 3.05. The molecule has 2 N–H and O–H groups in total. The Morgan fingerprint density at radius 2 is 1.74 bits per heavy atom. The molecule has 3 heterocycles. The van der Waals surface area contributed by atoms with Gasteiger partial charge in [0.1, 0.15) is 17.9 Å². The molecule has 9 heteroatoms. The van der Waals surface area contributed by atoms with Crippen LogP contribution in [0.25, 0.3) is 0 Å². The minimum Gasteiger partial charge on any atom is -0.490 e.